The summed E-state index contributed by atoms with van der Waals surface area (Å²) in [5.74, 6) is -0.740. The van der Waals surface area contributed by atoms with Gasteiger partial charge in [0, 0.05) is 73.0 Å². The summed E-state index contributed by atoms with van der Waals surface area (Å²) < 4.78 is 75.7. The first-order valence-electron chi connectivity index (χ1n) is 20.1. The molecule has 8 heterocycles. The van der Waals surface area contributed by atoms with E-state index in [0.717, 1.165) is 64.3 Å². The van der Waals surface area contributed by atoms with E-state index in [-0.39, 0.29) is 55.2 Å². The van der Waals surface area contributed by atoms with Gasteiger partial charge in [-0.3, -0.25) is 27.6 Å². The van der Waals surface area contributed by atoms with Crippen molar-refractivity contribution >= 4 is 67.2 Å². The van der Waals surface area contributed by atoms with Crippen molar-refractivity contribution in [1.29, 1.82) is 0 Å². The molecule has 10 rings (SSSR count). The average molecular weight is 882 g/mol. The molecule has 2 saturated carbocycles. The molecule has 12 nitrogen and oxygen atoms in total. The van der Waals surface area contributed by atoms with E-state index in [2.05, 4.69) is 24.5 Å². The molecule has 0 aliphatic heterocycles. The molecular formula is C42H39Cl2F5N10O2. The summed E-state index contributed by atoms with van der Waals surface area (Å²) >= 11 is 12.2. The number of pyridine rings is 4. The molecule has 0 bridgehead atoms. The molecule has 0 unspecified atom stereocenters. The Balaban J connectivity index is 0.000000156. The van der Waals surface area contributed by atoms with Crippen LogP contribution in [-0.2, 0) is 26.2 Å². The molecule has 2 aliphatic carbocycles. The Morgan fingerprint density at radius 3 is 2.08 bits per heavy atom. The van der Waals surface area contributed by atoms with Crippen LogP contribution in [0.4, 0.5) is 22.0 Å². The van der Waals surface area contributed by atoms with Crippen molar-refractivity contribution in [2.24, 2.45) is 0 Å². The highest BCUT2D eigenvalue weighted by molar-refractivity contribution is 6.30. The zero-order valence-electron chi connectivity index (χ0n) is 32.6. The van der Waals surface area contributed by atoms with Crippen LogP contribution in [0.3, 0.4) is 0 Å². The van der Waals surface area contributed by atoms with Crippen LogP contribution in [0.1, 0.15) is 74.8 Å². The lowest BCUT2D eigenvalue weighted by Crippen LogP contribution is -2.25. The zero-order valence-corrected chi connectivity index (χ0v) is 34.1. The SMILES string of the molecule is O=c1n(Cc2cc3cnccc3n2CCCC(F)(F)F)c2c(F)nccc2n1C1CC1.O=c1n(Cc2cc3nc(Cl)ccc3n2CCCCF)c2cnc(Cl)cc2n1C1CC1. The van der Waals surface area contributed by atoms with E-state index in [4.69, 9.17) is 23.2 Å². The second kappa shape index (κ2) is 16.4. The van der Waals surface area contributed by atoms with Crippen LogP contribution in [0.25, 0.3) is 44.0 Å². The fourth-order valence-corrected chi connectivity index (χ4v) is 8.57. The molecule has 8 aromatic heterocycles. The van der Waals surface area contributed by atoms with Gasteiger partial charge < -0.3 is 9.13 Å². The summed E-state index contributed by atoms with van der Waals surface area (Å²) in [7, 11) is 0. The van der Waals surface area contributed by atoms with Gasteiger partial charge in [0.15, 0.2) is 0 Å². The van der Waals surface area contributed by atoms with Crippen molar-refractivity contribution in [3.05, 3.63) is 116 Å². The molecule has 0 N–H and O–H groups in total. The van der Waals surface area contributed by atoms with Gasteiger partial charge in [-0.2, -0.15) is 17.6 Å². The van der Waals surface area contributed by atoms with Gasteiger partial charge in [-0.05, 0) is 81.3 Å². The number of fused-ring (bicyclic) bond motifs is 4. The molecule has 0 atom stereocenters. The van der Waals surface area contributed by atoms with Gasteiger partial charge in [0.2, 0.25) is 5.95 Å². The van der Waals surface area contributed by atoms with Crippen molar-refractivity contribution in [1.82, 2.24) is 47.3 Å². The summed E-state index contributed by atoms with van der Waals surface area (Å²) in [5.41, 5.74) is 5.71. The average Bonchev–Trinajstić information content (AvgIpc) is 4.14. The molecule has 0 amide bonds. The van der Waals surface area contributed by atoms with Crippen molar-refractivity contribution in [2.45, 2.75) is 95.8 Å². The number of aryl methyl sites for hydroxylation is 2. The Bertz CT molecular complexity index is 3050. The third-order valence-corrected chi connectivity index (χ3v) is 11.7. The van der Waals surface area contributed by atoms with E-state index < -0.39 is 18.5 Å². The zero-order chi connectivity index (χ0) is 42.6. The summed E-state index contributed by atoms with van der Waals surface area (Å²) in [6, 6.07) is 12.8. The molecule has 0 radical (unpaired) electrons. The number of unbranched alkanes of at least 4 members (excludes halogenated alkanes) is 1. The Kier molecular flexibility index (Phi) is 11.0. The molecule has 318 valence electrons. The standard InChI is InChI=1S/C21H20Cl2FN5O.C21H19F4N5O/c22-19-6-5-16-15(26-19)9-14(27(16)8-2-1-7-24)12-28-18-11-25-20(23)10-17(18)29(21(28)30)13-3-4-13;22-19-18-17(5-8-27-19)30(14-2-3-14)20(31)29(18)12-15-10-13-11-26-7-4-16(13)28(15)9-1-6-21(23,24)25/h5-6,9-11,13H,1-4,7-8,12H2;4-5,7-8,10-11,14H,1-3,6,9,12H2. The number of imidazole rings is 2. The summed E-state index contributed by atoms with van der Waals surface area (Å²) in [6.07, 6.45) is 5.81. The highest BCUT2D eigenvalue weighted by Crippen LogP contribution is 2.38. The molecule has 0 aromatic carbocycles. The maximum atomic E-state index is 14.6. The van der Waals surface area contributed by atoms with Gasteiger partial charge in [-0.1, -0.05) is 23.2 Å². The summed E-state index contributed by atoms with van der Waals surface area (Å²) in [5, 5.41) is 1.53. The van der Waals surface area contributed by atoms with E-state index in [1.54, 1.807) is 62.6 Å². The van der Waals surface area contributed by atoms with Gasteiger partial charge in [0.1, 0.15) is 15.8 Å². The number of hydrogen-bond donors (Lipinski definition) is 0. The Labute approximate surface area is 353 Å². The van der Waals surface area contributed by atoms with Crippen LogP contribution in [0.15, 0.2) is 76.8 Å². The van der Waals surface area contributed by atoms with Crippen LogP contribution < -0.4 is 11.4 Å². The largest absolute Gasteiger partial charge is 0.389 e. The highest BCUT2D eigenvalue weighted by Gasteiger charge is 2.32. The van der Waals surface area contributed by atoms with Crippen molar-refractivity contribution in [3.8, 4) is 0 Å². The third kappa shape index (κ3) is 8.16. The van der Waals surface area contributed by atoms with Crippen LogP contribution in [0.2, 0.25) is 10.3 Å². The van der Waals surface area contributed by atoms with Crippen molar-refractivity contribution < 1.29 is 22.0 Å². The smallest absolute Gasteiger partial charge is 0.343 e. The van der Waals surface area contributed by atoms with E-state index >= 15 is 0 Å². The monoisotopic (exact) mass is 880 g/mol. The van der Waals surface area contributed by atoms with Gasteiger partial charge in [0.05, 0.1) is 59.1 Å². The predicted octanol–water partition coefficient (Wildman–Crippen LogP) is 9.40. The Morgan fingerprint density at radius 1 is 0.672 bits per heavy atom. The molecule has 8 aromatic rings. The van der Waals surface area contributed by atoms with Gasteiger partial charge in [-0.15, -0.1) is 0 Å². The number of alkyl halides is 4. The lowest BCUT2D eigenvalue weighted by molar-refractivity contribution is -0.135. The first-order chi connectivity index (χ1) is 29.4. The summed E-state index contributed by atoms with van der Waals surface area (Å²) in [4.78, 5) is 42.8. The first-order valence-corrected chi connectivity index (χ1v) is 20.9. The van der Waals surface area contributed by atoms with Crippen LogP contribution >= 0.6 is 23.2 Å². The Hall–Kier alpha value is -5.55. The van der Waals surface area contributed by atoms with E-state index in [0.29, 0.717) is 47.4 Å². The van der Waals surface area contributed by atoms with Crippen LogP contribution in [0, 0.1) is 5.95 Å². The van der Waals surface area contributed by atoms with E-state index in [1.165, 1.54) is 10.8 Å². The van der Waals surface area contributed by atoms with Crippen molar-refractivity contribution in [3.63, 3.8) is 0 Å². The lowest BCUT2D eigenvalue weighted by atomic mass is 10.3. The predicted molar refractivity (Wildman–Crippen MR) is 223 cm³/mol. The maximum absolute atomic E-state index is 14.6. The molecule has 19 heteroatoms. The maximum Gasteiger partial charge on any atom is 0.389 e. The first kappa shape index (κ1) is 40.8. The summed E-state index contributed by atoms with van der Waals surface area (Å²) in [6.45, 7) is 0.810. The number of hydrogen-bond acceptors (Lipinski definition) is 6. The number of rotatable bonds is 13. The normalized spacial score (nSPS) is 14.5. The molecular weight excluding hydrogens is 842 g/mol. The second-order valence-corrected chi connectivity index (χ2v) is 16.3. The van der Waals surface area contributed by atoms with E-state index in [9.17, 15) is 31.5 Å². The molecule has 0 spiro atoms. The minimum absolute atomic E-state index is 0.0262. The topological polar surface area (TPSA) is 115 Å². The number of nitrogens with zero attached hydrogens (tertiary/aromatic N) is 10. The quantitative estimate of drug-likeness (QED) is 0.0648. The second-order valence-electron chi connectivity index (χ2n) is 15.6. The number of halogens is 7. The minimum atomic E-state index is -4.24. The molecule has 2 aliphatic rings. The van der Waals surface area contributed by atoms with Gasteiger partial charge >= 0.3 is 17.6 Å². The van der Waals surface area contributed by atoms with E-state index in [1.807, 2.05) is 16.7 Å². The third-order valence-electron chi connectivity index (χ3n) is 11.3. The van der Waals surface area contributed by atoms with Gasteiger partial charge in [-0.25, -0.2) is 24.5 Å². The highest BCUT2D eigenvalue weighted by atomic mass is 35.5. The van der Waals surface area contributed by atoms with Crippen molar-refractivity contribution in [2.75, 3.05) is 6.67 Å². The van der Waals surface area contributed by atoms with Gasteiger partial charge in [0.25, 0.3) is 0 Å². The molecule has 2 fully saturated rings. The lowest BCUT2D eigenvalue weighted by Gasteiger charge is -2.13. The van der Waals surface area contributed by atoms with Crippen LogP contribution in [0.5, 0.6) is 0 Å². The fourth-order valence-electron chi connectivity index (χ4n) is 8.26. The Morgan fingerprint density at radius 2 is 1.34 bits per heavy atom. The molecule has 61 heavy (non-hydrogen) atoms. The van der Waals surface area contributed by atoms with Crippen LogP contribution in [-0.4, -0.2) is 60.2 Å². The number of aromatic nitrogens is 10. The minimum Gasteiger partial charge on any atom is -0.343 e. The fraction of sp³-hybridized carbons (Fsp3) is 0.381. The molecule has 0 saturated heterocycles.